The molecule has 0 spiro atoms. The summed E-state index contributed by atoms with van der Waals surface area (Å²) in [6, 6.07) is 24.9. The number of hydrogen-bond acceptors (Lipinski definition) is 4. The van der Waals surface area contributed by atoms with Gasteiger partial charge in [0, 0.05) is 17.7 Å². The Morgan fingerprint density at radius 2 is 1.55 bits per heavy atom. The summed E-state index contributed by atoms with van der Waals surface area (Å²) in [6.07, 6.45) is 0.844. The van der Waals surface area contributed by atoms with Gasteiger partial charge in [-0.1, -0.05) is 54.6 Å². The first kappa shape index (κ1) is 22.6. The molecule has 0 bridgehead atoms. The second kappa shape index (κ2) is 10.8. The Labute approximate surface area is 193 Å². The Morgan fingerprint density at radius 3 is 2.36 bits per heavy atom. The van der Waals surface area contributed by atoms with Gasteiger partial charge in [0.25, 0.3) is 0 Å². The quantitative estimate of drug-likeness (QED) is 0.308. The number of nitrogens with one attached hydrogen (secondary N) is 1. The van der Waals surface area contributed by atoms with Crippen LogP contribution < -0.4 is 19.5 Å². The fraction of sp³-hybridized carbons (Fsp3) is 0.214. The first-order valence-electron chi connectivity index (χ1n) is 11.0. The van der Waals surface area contributed by atoms with Crippen molar-refractivity contribution in [1.29, 1.82) is 0 Å². The van der Waals surface area contributed by atoms with Gasteiger partial charge in [-0.2, -0.15) is 0 Å². The predicted molar refractivity (Wildman–Crippen MR) is 130 cm³/mol. The van der Waals surface area contributed by atoms with Crippen molar-refractivity contribution >= 4 is 10.8 Å². The number of rotatable bonds is 10. The summed E-state index contributed by atoms with van der Waals surface area (Å²) in [5, 5.41) is 5.80. The molecule has 0 aromatic heterocycles. The molecule has 0 atom stereocenters. The maximum atomic E-state index is 14.0. The summed E-state index contributed by atoms with van der Waals surface area (Å²) in [5.41, 5.74) is 2.77. The molecule has 33 heavy (non-hydrogen) atoms. The fourth-order valence-electron chi connectivity index (χ4n) is 3.89. The van der Waals surface area contributed by atoms with Crippen molar-refractivity contribution in [3.8, 4) is 17.2 Å². The van der Waals surface area contributed by atoms with Crippen LogP contribution in [0.2, 0.25) is 0 Å². The number of fused-ring (bicyclic) bond motifs is 1. The van der Waals surface area contributed by atoms with E-state index in [1.165, 1.54) is 6.07 Å². The number of benzene rings is 4. The lowest BCUT2D eigenvalue weighted by Crippen LogP contribution is -2.17. The molecule has 0 fully saturated rings. The molecule has 4 aromatic rings. The van der Waals surface area contributed by atoms with Gasteiger partial charge in [-0.05, 0) is 53.6 Å². The Morgan fingerprint density at radius 1 is 0.788 bits per heavy atom. The van der Waals surface area contributed by atoms with Gasteiger partial charge >= 0.3 is 0 Å². The van der Waals surface area contributed by atoms with Crippen molar-refractivity contribution in [3.05, 3.63) is 101 Å². The number of hydrogen-bond donors (Lipinski definition) is 1. The fourth-order valence-corrected chi connectivity index (χ4v) is 3.89. The lowest BCUT2D eigenvalue weighted by Gasteiger charge is -2.16. The maximum absolute atomic E-state index is 14.0. The monoisotopic (exact) mass is 445 g/mol. The number of halogens is 1. The van der Waals surface area contributed by atoms with Crippen LogP contribution in [-0.2, 0) is 19.6 Å². The lowest BCUT2D eigenvalue weighted by atomic mass is 10.0. The van der Waals surface area contributed by atoms with E-state index in [-0.39, 0.29) is 12.4 Å². The van der Waals surface area contributed by atoms with E-state index in [1.807, 2.05) is 48.5 Å². The van der Waals surface area contributed by atoms with E-state index in [2.05, 4.69) is 17.4 Å². The Balaban J connectivity index is 1.46. The van der Waals surface area contributed by atoms with Crippen LogP contribution in [0.4, 0.5) is 4.39 Å². The molecule has 0 heterocycles. The minimum absolute atomic E-state index is 0.184. The van der Waals surface area contributed by atoms with Crippen LogP contribution in [-0.4, -0.2) is 20.8 Å². The summed E-state index contributed by atoms with van der Waals surface area (Å²) < 4.78 is 30.8. The molecule has 4 nitrogen and oxygen atoms in total. The maximum Gasteiger partial charge on any atom is 0.160 e. The third-order valence-electron chi connectivity index (χ3n) is 5.68. The average molecular weight is 446 g/mol. The third kappa shape index (κ3) is 5.44. The summed E-state index contributed by atoms with van der Waals surface area (Å²) in [6.45, 7) is 1.61. The van der Waals surface area contributed by atoms with Crippen LogP contribution in [0.1, 0.15) is 16.7 Å². The summed E-state index contributed by atoms with van der Waals surface area (Å²) in [7, 11) is 3.28. The largest absolute Gasteiger partial charge is 0.493 e. The van der Waals surface area contributed by atoms with Crippen LogP contribution in [0.15, 0.2) is 78.9 Å². The first-order chi connectivity index (χ1) is 16.2. The Hall–Kier alpha value is -3.57. The highest BCUT2D eigenvalue weighted by Gasteiger charge is 2.11. The lowest BCUT2D eigenvalue weighted by molar-refractivity contribution is 0.296. The molecule has 5 heteroatoms. The standard InChI is InChI=1S/C28H28FNO3/c1-31-27-13-11-20(17-28(27)32-2)15-16-30-18-24-23-9-5-3-7-21(23)12-14-26(24)33-19-22-8-4-6-10-25(22)29/h3-14,17,30H,15-16,18-19H2,1-2H3. The number of ether oxygens (including phenoxy) is 3. The van der Waals surface area contributed by atoms with Crippen molar-refractivity contribution < 1.29 is 18.6 Å². The smallest absolute Gasteiger partial charge is 0.160 e. The van der Waals surface area contributed by atoms with E-state index in [0.29, 0.717) is 12.1 Å². The van der Waals surface area contributed by atoms with Crippen molar-refractivity contribution in [2.45, 2.75) is 19.6 Å². The highest BCUT2D eigenvalue weighted by Crippen LogP contribution is 2.30. The molecule has 0 aliphatic rings. The molecular formula is C28H28FNO3. The third-order valence-corrected chi connectivity index (χ3v) is 5.68. The van der Waals surface area contributed by atoms with Gasteiger partial charge in [0.15, 0.2) is 11.5 Å². The molecule has 0 saturated heterocycles. The highest BCUT2D eigenvalue weighted by atomic mass is 19.1. The van der Waals surface area contributed by atoms with E-state index in [9.17, 15) is 4.39 Å². The predicted octanol–water partition coefficient (Wildman–Crippen LogP) is 5.91. The highest BCUT2D eigenvalue weighted by molar-refractivity contribution is 5.87. The van der Waals surface area contributed by atoms with Gasteiger partial charge in [-0.25, -0.2) is 4.39 Å². The normalized spacial score (nSPS) is 10.9. The minimum atomic E-state index is -0.257. The van der Waals surface area contributed by atoms with Crippen LogP contribution in [0, 0.1) is 5.82 Å². The molecular weight excluding hydrogens is 417 g/mol. The molecule has 0 amide bonds. The van der Waals surface area contributed by atoms with E-state index in [0.717, 1.165) is 52.1 Å². The molecule has 0 aliphatic carbocycles. The Kier molecular flexibility index (Phi) is 7.43. The van der Waals surface area contributed by atoms with Crippen LogP contribution >= 0.6 is 0 Å². The van der Waals surface area contributed by atoms with Gasteiger partial charge < -0.3 is 19.5 Å². The second-order valence-electron chi connectivity index (χ2n) is 7.76. The van der Waals surface area contributed by atoms with Crippen LogP contribution in [0.25, 0.3) is 10.8 Å². The minimum Gasteiger partial charge on any atom is -0.493 e. The van der Waals surface area contributed by atoms with Crippen molar-refractivity contribution in [1.82, 2.24) is 5.32 Å². The van der Waals surface area contributed by atoms with Gasteiger partial charge in [0.1, 0.15) is 18.2 Å². The zero-order chi connectivity index (χ0) is 23.0. The topological polar surface area (TPSA) is 39.7 Å². The molecule has 1 N–H and O–H groups in total. The number of methoxy groups -OCH3 is 2. The molecule has 4 aromatic carbocycles. The molecule has 0 radical (unpaired) electrons. The average Bonchev–Trinajstić information content (AvgIpc) is 2.86. The SMILES string of the molecule is COc1ccc(CCNCc2c(OCc3ccccc3F)ccc3ccccc23)cc1OC. The zero-order valence-electron chi connectivity index (χ0n) is 18.9. The van der Waals surface area contributed by atoms with Gasteiger partial charge in [-0.3, -0.25) is 0 Å². The molecule has 4 rings (SSSR count). The van der Waals surface area contributed by atoms with Crippen molar-refractivity contribution in [2.75, 3.05) is 20.8 Å². The first-order valence-corrected chi connectivity index (χ1v) is 11.0. The summed E-state index contributed by atoms with van der Waals surface area (Å²) in [4.78, 5) is 0. The molecule has 0 unspecified atom stereocenters. The molecule has 170 valence electrons. The molecule has 0 aliphatic heterocycles. The summed E-state index contributed by atoms with van der Waals surface area (Å²) in [5.74, 6) is 1.96. The van der Waals surface area contributed by atoms with Crippen LogP contribution in [0.5, 0.6) is 17.2 Å². The van der Waals surface area contributed by atoms with Gasteiger partial charge in [0.2, 0.25) is 0 Å². The molecule has 0 saturated carbocycles. The van der Waals surface area contributed by atoms with Crippen molar-refractivity contribution in [2.24, 2.45) is 0 Å². The van der Waals surface area contributed by atoms with E-state index >= 15 is 0 Å². The Bertz CT molecular complexity index is 1220. The zero-order valence-corrected chi connectivity index (χ0v) is 18.9. The van der Waals surface area contributed by atoms with E-state index < -0.39 is 0 Å². The van der Waals surface area contributed by atoms with Crippen LogP contribution in [0.3, 0.4) is 0 Å². The van der Waals surface area contributed by atoms with E-state index in [4.69, 9.17) is 14.2 Å². The second-order valence-corrected chi connectivity index (χ2v) is 7.76. The van der Waals surface area contributed by atoms with Gasteiger partial charge in [0.05, 0.1) is 14.2 Å². The van der Waals surface area contributed by atoms with E-state index in [1.54, 1.807) is 26.4 Å². The summed E-state index contributed by atoms with van der Waals surface area (Å²) >= 11 is 0. The van der Waals surface area contributed by atoms with Gasteiger partial charge in [-0.15, -0.1) is 0 Å². The van der Waals surface area contributed by atoms with Crippen molar-refractivity contribution in [3.63, 3.8) is 0 Å².